The minimum atomic E-state index is -0.753. The number of hydrogen-bond donors (Lipinski definition) is 2. The Labute approximate surface area is 231 Å². The number of ether oxygens (including phenoxy) is 2. The van der Waals surface area contributed by atoms with E-state index in [4.69, 9.17) is 9.47 Å². The Hall–Kier alpha value is -4.31. The van der Waals surface area contributed by atoms with Gasteiger partial charge in [-0.3, -0.25) is 9.48 Å². The number of nitriles is 1. The monoisotopic (exact) mass is 554 g/mol. The van der Waals surface area contributed by atoms with Crippen LogP contribution in [0.25, 0.3) is 0 Å². The number of hydrogen-bond acceptors (Lipinski definition) is 10. The second-order valence-electron chi connectivity index (χ2n) is 10.3. The summed E-state index contributed by atoms with van der Waals surface area (Å²) in [6.07, 6.45) is 5.18. The Morgan fingerprint density at radius 2 is 2.00 bits per heavy atom. The predicted octanol–water partition coefficient (Wildman–Crippen LogP) is 4.01. The highest BCUT2D eigenvalue weighted by atomic mass is 19.1. The van der Waals surface area contributed by atoms with Crippen molar-refractivity contribution in [3.05, 3.63) is 54.0 Å². The molecule has 0 amide bonds. The number of rotatable bonds is 10. The number of carbonyl (C=O) groups is 1. The van der Waals surface area contributed by atoms with Crippen molar-refractivity contribution in [1.29, 1.82) is 5.26 Å². The summed E-state index contributed by atoms with van der Waals surface area (Å²) < 4.78 is 42.3. The zero-order valence-corrected chi connectivity index (χ0v) is 22.7. The van der Waals surface area contributed by atoms with Crippen molar-refractivity contribution in [2.75, 3.05) is 41.8 Å². The molecule has 0 aliphatic carbocycles. The molecule has 0 aromatic carbocycles. The zero-order valence-electron chi connectivity index (χ0n) is 22.7. The molecule has 1 fully saturated rings. The average Bonchev–Trinajstić information content (AvgIpc) is 3.41. The lowest BCUT2D eigenvalue weighted by Gasteiger charge is -2.28. The van der Waals surface area contributed by atoms with E-state index in [-0.39, 0.29) is 41.1 Å². The standard InChI is InChI=1S/C27H32F2N8O3/c1-27(2,3)40-23(38)6-5-19(17-37-8-4-7-32-37)33-25-21(28)13-18(15-30)24(35-25)34-20-14-22(29)26(31-16-20)36-9-11-39-12-10-36/h4,7-8,13-14,16,19H,5-6,9-12,17H2,1-3H3,(H2,33,34,35)/t19-/m0/s1. The first-order chi connectivity index (χ1) is 19.1. The Bertz CT molecular complexity index is 1350. The number of aromatic nitrogens is 4. The number of anilines is 4. The molecule has 0 spiro atoms. The largest absolute Gasteiger partial charge is 0.460 e. The van der Waals surface area contributed by atoms with Gasteiger partial charge in [0.1, 0.15) is 11.7 Å². The Balaban J connectivity index is 1.53. The van der Waals surface area contributed by atoms with Gasteiger partial charge in [-0.05, 0) is 39.3 Å². The minimum Gasteiger partial charge on any atom is -0.460 e. The molecule has 0 unspecified atom stereocenters. The summed E-state index contributed by atoms with van der Waals surface area (Å²) in [6, 6.07) is 5.50. The van der Waals surface area contributed by atoms with Crippen molar-refractivity contribution < 1.29 is 23.0 Å². The molecule has 11 nitrogen and oxygen atoms in total. The number of nitrogens with zero attached hydrogens (tertiary/aromatic N) is 6. The number of halogens is 2. The molecule has 1 atom stereocenters. The number of morpholine rings is 1. The van der Waals surface area contributed by atoms with Gasteiger partial charge >= 0.3 is 5.97 Å². The molecule has 40 heavy (non-hydrogen) atoms. The lowest BCUT2D eigenvalue weighted by atomic mass is 10.1. The number of esters is 1. The molecule has 2 N–H and O–H groups in total. The van der Waals surface area contributed by atoms with Crippen molar-refractivity contribution in [3.63, 3.8) is 0 Å². The lowest BCUT2D eigenvalue weighted by Crippen LogP contribution is -2.37. The highest BCUT2D eigenvalue weighted by Crippen LogP contribution is 2.27. The van der Waals surface area contributed by atoms with Crippen molar-refractivity contribution in [2.45, 2.75) is 51.8 Å². The van der Waals surface area contributed by atoms with Gasteiger partial charge < -0.3 is 25.0 Å². The Kier molecular flexibility index (Phi) is 9.11. The zero-order chi connectivity index (χ0) is 28.7. The summed E-state index contributed by atoms with van der Waals surface area (Å²) in [7, 11) is 0. The molecular formula is C27H32F2N8O3. The van der Waals surface area contributed by atoms with Gasteiger partial charge in [-0.1, -0.05) is 0 Å². The third-order valence-electron chi connectivity index (χ3n) is 5.92. The highest BCUT2D eigenvalue weighted by Gasteiger charge is 2.22. The summed E-state index contributed by atoms with van der Waals surface area (Å²) in [5, 5.41) is 19.7. The maximum atomic E-state index is 15.0. The molecule has 1 saturated heterocycles. The second kappa shape index (κ2) is 12.7. The van der Waals surface area contributed by atoms with E-state index >= 15 is 4.39 Å². The molecule has 3 aromatic heterocycles. The first-order valence-corrected chi connectivity index (χ1v) is 12.9. The Morgan fingerprint density at radius 1 is 1.23 bits per heavy atom. The smallest absolute Gasteiger partial charge is 0.306 e. The molecule has 1 aliphatic rings. The second-order valence-corrected chi connectivity index (χ2v) is 10.3. The lowest BCUT2D eigenvalue weighted by molar-refractivity contribution is -0.155. The third-order valence-corrected chi connectivity index (χ3v) is 5.92. The summed E-state index contributed by atoms with van der Waals surface area (Å²) in [5.74, 6) is -1.59. The first kappa shape index (κ1) is 28.7. The first-order valence-electron chi connectivity index (χ1n) is 12.9. The molecule has 3 aromatic rings. The fourth-order valence-electron chi connectivity index (χ4n) is 4.14. The van der Waals surface area contributed by atoms with Crippen LogP contribution in [0.3, 0.4) is 0 Å². The van der Waals surface area contributed by atoms with Crippen LogP contribution in [0.1, 0.15) is 39.2 Å². The van der Waals surface area contributed by atoms with Crippen LogP contribution < -0.4 is 15.5 Å². The molecule has 0 radical (unpaired) electrons. The van der Waals surface area contributed by atoms with Crippen LogP contribution in [0.5, 0.6) is 0 Å². The van der Waals surface area contributed by atoms with Gasteiger partial charge in [0.05, 0.1) is 37.2 Å². The summed E-state index contributed by atoms with van der Waals surface area (Å²) >= 11 is 0. The van der Waals surface area contributed by atoms with Crippen molar-refractivity contribution in [3.8, 4) is 6.07 Å². The van der Waals surface area contributed by atoms with Crippen LogP contribution in [-0.2, 0) is 20.8 Å². The van der Waals surface area contributed by atoms with E-state index in [1.54, 1.807) is 48.8 Å². The molecule has 13 heteroatoms. The van der Waals surface area contributed by atoms with E-state index in [1.807, 2.05) is 6.07 Å². The van der Waals surface area contributed by atoms with E-state index in [2.05, 4.69) is 25.7 Å². The van der Waals surface area contributed by atoms with Crippen LogP contribution in [0, 0.1) is 23.0 Å². The van der Waals surface area contributed by atoms with Crippen LogP contribution in [0.15, 0.2) is 36.8 Å². The van der Waals surface area contributed by atoms with E-state index in [1.165, 1.54) is 12.3 Å². The van der Waals surface area contributed by atoms with Crippen LogP contribution in [0.2, 0.25) is 0 Å². The topological polar surface area (TPSA) is 130 Å². The predicted molar refractivity (Wildman–Crippen MR) is 144 cm³/mol. The third kappa shape index (κ3) is 7.86. The van der Waals surface area contributed by atoms with Gasteiger partial charge in [0, 0.05) is 44.0 Å². The summed E-state index contributed by atoms with van der Waals surface area (Å²) in [4.78, 5) is 22.6. The van der Waals surface area contributed by atoms with Gasteiger partial charge in [0.2, 0.25) is 0 Å². The fourth-order valence-corrected chi connectivity index (χ4v) is 4.14. The van der Waals surface area contributed by atoms with Gasteiger partial charge in [-0.15, -0.1) is 0 Å². The maximum Gasteiger partial charge on any atom is 0.306 e. The number of carbonyl (C=O) groups excluding carboxylic acids is 1. The van der Waals surface area contributed by atoms with Gasteiger partial charge in [0.15, 0.2) is 29.1 Å². The van der Waals surface area contributed by atoms with E-state index in [0.29, 0.717) is 39.3 Å². The van der Waals surface area contributed by atoms with E-state index in [9.17, 15) is 14.4 Å². The highest BCUT2D eigenvalue weighted by molar-refractivity contribution is 5.70. The van der Waals surface area contributed by atoms with Crippen molar-refractivity contribution >= 4 is 29.1 Å². The Morgan fingerprint density at radius 3 is 2.65 bits per heavy atom. The summed E-state index contributed by atoms with van der Waals surface area (Å²) in [6.45, 7) is 7.69. The number of nitrogens with one attached hydrogen (secondary N) is 2. The van der Waals surface area contributed by atoms with E-state index < -0.39 is 23.3 Å². The van der Waals surface area contributed by atoms with Crippen LogP contribution in [-0.4, -0.2) is 63.7 Å². The molecule has 212 valence electrons. The molecule has 0 saturated carbocycles. The fraction of sp³-hybridized carbons (Fsp3) is 0.444. The molecule has 4 heterocycles. The molecule has 1 aliphatic heterocycles. The van der Waals surface area contributed by atoms with Crippen LogP contribution >= 0.6 is 0 Å². The minimum absolute atomic E-state index is 0.0247. The maximum absolute atomic E-state index is 15.0. The molecule has 4 rings (SSSR count). The van der Waals surface area contributed by atoms with Gasteiger partial charge in [-0.2, -0.15) is 10.4 Å². The summed E-state index contributed by atoms with van der Waals surface area (Å²) in [5.41, 5.74) is -0.454. The van der Waals surface area contributed by atoms with Crippen molar-refractivity contribution in [1.82, 2.24) is 19.7 Å². The van der Waals surface area contributed by atoms with Gasteiger partial charge in [0.25, 0.3) is 0 Å². The average molecular weight is 555 g/mol. The van der Waals surface area contributed by atoms with Gasteiger partial charge in [-0.25, -0.2) is 18.7 Å². The molecular weight excluding hydrogens is 522 g/mol. The normalized spacial score (nSPS) is 14.3. The quantitative estimate of drug-likeness (QED) is 0.355. The van der Waals surface area contributed by atoms with E-state index in [0.717, 1.165) is 6.07 Å². The number of pyridine rings is 2. The van der Waals surface area contributed by atoms with Crippen molar-refractivity contribution in [2.24, 2.45) is 0 Å². The van der Waals surface area contributed by atoms with Crippen LogP contribution in [0.4, 0.5) is 31.9 Å². The SMILES string of the molecule is CC(C)(C)OC(=O)CC[C@@H](Cn1cccn1)Nc1nc(Nc2cnc(N3CCOCC3)c(F)c2)c(C#N)cc1F. The molecule has 0 bridgehead atoms.